The van der Waals surface area contributed by atoms with E-state index >= 15 is 0 Å². The fraction of sp³-hybridized carbons (Fsp3) is 0.304. The van der Waals surface area contributed by atoms with Crippen LogP contribution in [0.2, 0.25) is 0 Å². The number of aryl methyl sites for hydroxylation is 2. The highest BCUT2D eigenvalue weighted by Gasteiger charge is 2.15. The van der Waals surface area contributed by atoms with E-state index in [1.165, 1.54) is 0 Å². The zero-order valence-electron chi connectivity index (χ0n) is 16.1. The lowest BCUT2D eigenvalue weighted by molar-refractivity contribution is -0.121. The molecule has 0 spiro atoms. The summed E-state index contributed by atoms with van der Waals surface area (Å²) in [5.41, 5.74) is 2.93. The van der Waals surface area contributed by atoms with Gasteiger partial charge >= 0.3 is 0 Å². The zero-order valence-corrected chi connectivity index (χ0v) is 16.1. The van der Waals surface area contributed by atoms with Crippen LogP contribution in [0, 0.1) is 6.92 Å². The van der Waals surface area contributed by atoms with Gasteiger partial charge in [0, 0.05) is 37.5 Å². The number of hydrogen-bond acceptors (Lipinski definition) is 4. The Hall–Kier alpha value is -2.92. The van der Waals surface area contributed by atoms with E-state index in [4.69, 9.17) is 4.42 Å². The van der Waals surface area contributed by atoms with Gasteiger partial charge in [0.1, 0.15) is 0 Å². The van der Waals surface area contributed by atoms with Crippen molar-refractivity contribution in [2.24, 2.45) is 0 Å². The molecule has 2 aromatic carbocycles. The lowest BCUT2D eigenvalue weighted by Crippen LogP contribution is -2.29. The average Bonchev–Trinajstić information content (AvgIpc) is 3.11. The molecule has 0 aliphatic rings. The van der Waals surface area contributed by atoms with E-state index in [2.05, 4.69) is 10.3 Å². The second kappa shape index (κ2) is 9.85. The third-order valence-electron chi connectivity index (χ3n) is 4.74. The Morgan fingerprint density at radius 1 is 1.11 bits per heavy atom. The van der Waals surface area contributed by atoms with Crippen LogP contribution in [0.5, 0.6) is 0 Å². The van der Waals surface area contributed by atoms with Gasteiger partial charge in [0.25, 0.3) is 0 Å². The highest BCUT2D eigenvalue weighted by molar-refractivity contribution is 5.76. The van der Waals surface area contributed by atoms with Gasteiger partial charge in [-0.1, -0.05) is 60.7 Å². The van der Waals surface area contributed by atoms with E-state index in [9.17, 15) is 9.90 Å². The second-order valence-corrected chi connectivity index (χ2v) is 6.81. The third kappa shape index (κ3) is 5.30. The van der Waals surface area contributed by atoms with Crippen LogP contribution in [0.25, 0.3) is 11.3 Å². The molecule has 0 saturated carbocycles. The fourth-order valence-corrected chi connectivity index (χ4v) is 3.23. The molecule has 1 heterocycles. The topological polar surface area (TPSA) is 75.4 Å². The predicted molar refractivity (Wildman–Crippen MR) is 109 cm³/mol. The number of amides is 1. The lowest BCUT2D eigenvalue weighted by Gasteiger charge is -2.17. The number of aromatic nitrogens is 1. The van der Waals surface area contributed by atoms with Crippen molar-refractivity contribution >= 4 is 5.91 Å². The maximum Gasteiger partial charge on any atom is 0.220 e. The molecule has 2 N–H and O–H groups in total. The van der Waals surface area contributed by atoms with Crippen molar-refractivity contribution in [2.45, 2.75) is 32.1 Å². The molecule has 1 amide bonds. The van der Waals surface area contributed by atoms with Crippen molar-refractivity contribution in [1.29, 1.82) is 0 Å². The van der Waals surface area contributed by atoms with Gasteiger partial charge in [-0.15, -0.1) is 0 Å². The molecule has 0 radical (unpaired) electrons. The van der Waals surface area contributed by atoms with Crippen LogP contribution in [-0.2, 0) is 11.2 Å². The van der Waals surface area contributed by atoms with Crippen molar-refractivity contribution in [2.75, 3.05) is 13.2 Å². The summed E-state index contributed by atoms with van der Waals surface area (Å²) in [5, 5.41) is 12.3. The molecule has 28 heavy (non-hydrogen) atoms. The Balaban J connectivity index is 1.53. The van der Waals surface area contributed by atoms with Crippen LogP contribution >= 0.6 is 0 Å². The first-order valence-corrected chi connectivity index (χ1v) is 9.61. The van der Waals surface area contributed by atoms with Gasteiger partial charge in [0.05, 0.1) is 5.69 Å². The molecular weight excluding hydrogens is 352 g/mol. The normalized spacial score (nSPS) is 11.9. The predicted octanol–water partition coefficient (Wildman–Crippen LogP) is 3.87. The molecule has 1 aromatic heterocycles. The molecule has 0 bridgehead atoms. The van der Waals surface area contributed by atoms with Crippen molar-refractivity contribution in [3.8, 4) is 11.3 Å². The summed E-state index contributed by atoms with van der Waals surface area (Å²) in [6.45, 7) is 2.51. The number of carbonyl (C=O) groups excluding carboxylic acids is 1. The number of benzene rings is 2. The third-order valence-corrected chi connectivity index (χ3v) is 4.74. The molecule has 1 atom stereocenters. The molecule has 5 nitrogen and oxygen atoms in total. The van der Waals surface area contributed by atoms with Crippen LogP contribution < -0.4 is 5.32 Å². The summed E-state index contributed by atoms with van der Waals surface area (Å²) in [6, 6.07) is 19.8. The molecule has 0 aliphatic heterocycles. The number of rotatable bonds is 9. The number of aliphatic hydroxyl groups is 1. The summed E-state index contributed by atoms with van der Waals surface area (Å²) in [7, 11) is 0. The first-order valence-electron chi connectivity index (χ1n) is 9.61. The molecule has 0 aliphatic carbocycles. The molecule has 5 heteroatoms. The number of oxazole rings is 1. The highest BCUT2D eigenvalue weighted by atomic mass is 16.4. The van der Waals surface area contributed by atoms with Crippen molar-refractivity contribution in [1.82, 2.24) is 10.3 Å². The summed E-state index contributed by atoms with van der Waals surface area (Å²) < 4.78 is 5.86. The summed E-state index contributed by atoms with van der Waals surface area (Å²) in [6.07, 6.45) is 1.38. The van der Waals surface area contributed by atoms with Crippen molar-refractivity contribution in [3.63, 3.8) is 0 Å². The molecule has 146 valence electrons. The van der Waals surface area contributed by atoms with Gasteiger partial charge in [-0.3, -0.25) is 4.79 Å². The maximum absolute atomic E-state index is 12.3. The van der Waals surface area contributed by atoms with Crippen molar-refractivity contribution < 1.29 is 14.3 Å². The van der Waals surface area contributed by atoms with E-state index in [0.717, 1.165) is 22.6 Å². The quantitative estimate of drug-likeness (QED) is 0.593. The standard InChI is InChI=1S/C23H26N2O3/c1-17-23(19-10-6-3-7-11-19)28-22(25-17)13-12-21(27)24-16-20(14-15-26)18-8-4-2-5-9-18/h2-11,20,26H,12-16H2,1H3,(H,24,27)/t20-/m0/s1. The molecule has 3 rings (SSSR count). The maximum atomic E-state index is 12.3. The number of nitrogens with zero attached hydrogens (tertiary/aromatic N) is 1. The van der Waals surface area contributed by atoms with Crippen LogP contribution in [0.15, 0.2) is 65.1 Å². The summed E-state index contributed by atoms with van der Waals surface area (Å²) >= 11 is 0. The number of hydrogen-bond donors (Lipinski definition) is 2. The van der Waals surface area contributed by atoms with Gasteiger partial charge in [-0.2, -0.15) is 0 Å². The first-order chi connectivity index (χ1) is 13.7. The molecule has 0 unspecified atom stereocenters. The van der Waals surface area contributed by atoms with Gasteiger partial charge < -0.3 is 14.8 Å². The van der Waals surface area contributed by atoms with Crippen LogP contribution in [0.4, 0.5) is 0 Å². The van der Waals surface area contributed by atoms with E-state index in [1.54, 1.807) is 0 Å². The Labute approximate surface area is 165 Å². The van der Waals surface area contributed by atoms with E-state index in [-0.39, 0.29) is 18.4 Å². The van der Waals surface area contributed by atoms with Crippen molar-refractivity contribution in [3.05, 3.63) is 77.8 Å². The lowest BCUT2D eigenvalue weighted by atomic mass is 9.96. The van der Waals surface area contributed by atoms with Crippen LogP contribution in [0.1, 0.15) is 35.9 Å². The minimum Gasteiger partial charge on any atom is -0.440 e. The molecule has 0 saturated heterocycles. The SMILES string of the molecule is Cc1nc(CCC(=O)NC[C@H](CCO)c2ccccc2)oc1-c1ccccc1. The highest BCUT2D eigenvalue weighted by Crippen LogP contribution is 2.24. The number of carbonyl (C=O) groups is 1. The first kappa shape index (κ1) is 19.8. The van der Waals surface area contributed by atoms with Gasteiger partial charge in [-0.05, 0) is 18.9 Å². The largest absolute Gasteiger partial charge is 0.440 e. The fourth-order valence-electron chi connectivity index (χ4n) is 3.23. The molecule has 3 aromatic rings. The number of nitrogens with one attached hydrogen (secondary N) is 1. The Morgan fingerprint density at radius 3 is 2.46 bits per heavy atom. The monoisotopic (exact) mass is 378 g/mol. The summed E-state index contributed by atoms with van der Waals surface area (Å²) in [5.74, 6) is 1.38. The van der Waals surface area contributed by atoms with Gasteiger partial charge in [0.15, 0.2) is 11.7 Å². The Kier molecular flexibility index (Phi) is 6.98. The van der Waals surface area contributed by atoms with Crippen LogP contribution in [-0.4, -0.2) is 29.1 Å². The number of aliphatic hydroxyl groups excluding tert-OH is 1. The van der Waals surface area contributed by atoms with E-state index in [1.807, 2.05) is 67.6 Å². The minimum absolute atomic E-state index is 0.0454. The van der Waals surface area contributed by atoms with Crippen LogP contribution in [0.3, 0.4) is 0 Å². The van der Waals surface area contributed by atoms with Gasteiger partial charge in [-0.25, -0.2) is 4.98 Å². The smallest absolute Gasteiger partial charge is 0.220 e. The van der Waals surface area contributed by atoms with E-state index in [0.29, 0.717) is 31.7 Å². The Morgan fingerprint density at radius 2 is 1.79 bits per heavy atom. The average molecular weight is 378 g/mol. The van der Waals surface area contributed by atoms with E-state index < -0.39 is 0 Å². The second-order valence-electron chi connectivity index (χ2n) is 6.81. The summed E-state index contributed by atoms with van der Waals surface area (Å²) in [4.78, 5) is 16.7. The zero-order chi connectivity index (χ0) is 19.8. The Bertz CT molecular complexity index is 875. The van der Waals surface area contributed by atoms with Gasteiger partial charge in [0.2, 0.25) is 5.91 Å². The minimum atomic E-state index is -0.0454. The molecule has 0 fully saturated rings. The molecular formula is C23H26N2O3.